The topological polar surface area (TPSA) is 81.3 Å². The Labute approximate surface area is 171 Å². The second-order valence-electron chi connectivity index (χ2n) is 7.21. The number of halogens is 1. The lowest BCUT2D eigenvalue weighted by molar-refractivity contribution is 0.0966. The van der Waals surface area contributed by atoms with E-state index in [4.69, 9.17) is 0 Å². The first kappa shape index (κ1) is 19.5. The number of ketones is 1. The van der Waals surface area contributed by atoms with E-state index in [9.17, 15) is 14.0 Å². The van der Waals surface area contributed by atoms with Crippen molar-refractivity contribution in [2.75, 3.05) is 5.32 Å². The van der Waals surface area contributed by atoms with E-state index in [0.29, 0.717) is 22.9 Å². The Bertz CT molecular complexity index is 1320. The predicted octanol–water partition coefficient (Wildman–Crippen LogP) is 3.58. The van der Waals surface area contributed by atoms with Crippen LogP contribution >= 0.6 is 0 Å². The van der Waals surface area contributed by atoms with Gasteiger partial charge in [0.25, 0.3) is 0 Å². The largest absolute Gasteiger partial charge is 0.353 e. The Morgan fingerprint density at radius 1 is 1.03 bits per heavy atom. The summed E-state index contributed by atoms with van der Waals surface area (Å²) in [6.07, 6.45) is 0. The molecule has 8 heteroatoms. The Morgan fingerprint density at radius 2 is 1.77 bits per heavy atom. The number of hydrogen-bond acceptors (Lipinski definition) is 5. The summed E-state index contributed by atoms with van der Waals surface area (Å²) in [5.74, 6) is -0.451. The third-order valence-electron chi connectivity index (χ3n) is 4.92. The quantitative estimate of drug-likeness (QED) is 0.513. The monoisotopic (exact) mass is 405 g/mol. The van der Waals surface area contributed by atoms with E-state index in [1.807, 2.05) is 32.0 Å². The molecular formula is C22H20FN5O2. The molecular weight excluding hydrogens is 385 g/mol. The highest BCUT2D eigenvalue weighted by atomic mass is 19.1. The third kappa shape index (κ3) is 3.71. The predicted molar refractivity (Wildman–Crippen MR) is 112 cm³/mol. The number of hydrogen-bond donors (Lipinski definition) is 1. The highest BCUT2D eigenvalue weighted by molar-refractivity contribution is 5.95. The molecule has 0 bridgehead atoms. The summed E-state index contributed by atoms with van der Waals surface area (Å²) in [5.41, 5.74) is 3.94. The molecule has 0 fully saturated rings. The fourth-order valence-electron chi connectivity index (χ4n) is 3.15. The normalized spacial score (nSPS) is 11.1. The molecule has 2 aromatic heterocycles. The fraction of sp³-hybridized carbons (Fsp3) is 0.182. The number of fused-ring (bicyclic) bond motifs is 1. The number of Topliss-reactive ketones (excluding diaryl/α,β-unsaturated/α-hetero) is 1. The number of rotatable bonds is 5. The van der Waals surface area contributed by atoms with Gasteiger partial charge in [-0.2, -0.15) is 0 Å². The van der Waals surface area contributed by atoms with Gasteiger partial charge in [0.1, 0.15) is 12.4 Å². The van der Waals surface area contributed by atoms with E-state index < -0.39 is 11.5 Å². The summed E-state index contributed by atoms with van der Waals surface area (Å²) < 4.78 is 15.5. The molecule has 0 saturated heterocycles. The molecule has 0 aliphatic rings. The number of aromatic nitrogens is 4. The van der Waals surface area contributed by atoms with E-state index in [1.54, 1.807) is 13.0 Å². The van der Waals surface area contributed by atoms with Crippen LogP contribution in [0.5, 0.6) is 0 Å². The molecule has 152 valence electrons. The van der Waals surface area contributed by atoms with Crippen LogP contribution in [0.25, 0.3) is 5.65 Å². The van der Waals surface area contributed by atoms with Crippen molar-refractivity contribution < 1.29 is 9.18 Å². The Kier molecular flexibility index (Phi) is 4.91. The van der Waals surface area contributed by atoms with Crippen molar-refractivity contribution in [2.45, 2.75) is 27.3 Å². The maximum Gasteiger partial charge on any atom is 0.353 e. The van der Waals surface area contributed by atoms with Crippen molar-refractivity contribution in [3.8, 4) is 0 Å². The minimum Gasteiger partial charge on any atom is -0.325 e. The Balaban J connectivity index is 1.71. The van der Waals surface area contributed by atoms with Crippen LogP contribution in [-0.2, 0) is 6.54 Å². The van der Waals surface area contributed by atoms with E-state index in [1.165, 1.54) is 28.7 Å². The molecule has 1 N–H and O–H groups in total. The van der Waals surface area contributed by atoms with E-state index in [-0.39, 0.29) is 12.3 Å². The summed E-state index contributed by atoms with van der Waals surface area (Å²) in [6, 6.07) is 12.7. The lowest BCUT2D eigenvalue weighted by Crippen LogP contribution is -2.26. The van der Waals surface area contributed by atoms with Gasteiger partial charge in [0.15, 0.2) is 11.4 Å². The number of benzene rings is 2. The smallest absolute Gasteiger partial charge is 0.325 e. The van der Waals surface area contributed by atoms with Gasteiger partial charge in [0, 0.05) is 23.0 Å². The van der Waals surface area contributed by atoms with Crippen molar-refractivity contribution >= 4 is 23.1 Å². The van der Waals surface area contributed by atoms with Crippen LogP contribution in [-0.4, -0.2) is 24.9 Å². The number of nitrogens with zero attached hydrogens (tertiary/aromatic N) is 4. The summed E-state index contributed by atoms with van der Waals surface area (Å²) in [6.45, 7) is 5.58. The third-order valence-corrected chi connectivity index (χ3v) is 4.92. The Morgan fingerprint density at radius 3 is 2.47 bits per heavy atom. The average molecular weight is 405 g/mol. The van der Waals surface area contributed by atoms with Crippen LogP contribution in [0.1, 0.15) is 27.2 Å². The zero-order valence-corrected chi connectivity index (χ0v) is 16.8. The first-order chi connectivity index (χ1) is 14.3. The van der Waals surface area contributed by atoms with Crippen LogP contribution in [0.4, 0.5) is 16.0 Å². The number of carbonyl (C=O) groups is 1. The van der Waals surface area contributed by atoms with Crippen molar-refractivity contribution in [1.29, 1.82) is 0 Å². The van der Waals surface area contributed by atoms with Crippen molar-refractivity contribution in [3.63, 3.8) is 0 Å². The van der Waals surface area contributed by atoms with Gasteiger partial charge in [0.2, 0.25) is 5.95 Å². The lowest BCUT2D eigenvalue weighted by Gasteiger charge is -2.09. The van der Waals surface area contributed by atoms with Crippen molar-refractivity contribution in [2.24, 2.45) is 0 Å². The minimum absolute atomic E-state index is 0.256. The van der Waals surface area contributed by atoms with Crippen molar-refractivity contribution in [3.05, 3.63) is 87.2 Å². The maximum atomic E-state index is 13.1. The molecule has 0 spiro atoms. The molecule has 0 aliphatic carbocycles. The molecule has 4 aromatic rings. The van der Waals surface area contributed by atoms with E-state index in [2.05, 4.69) is 15.4 Å². The van der Waals surface area contributed by atoms with Gasteiger partial charge in [-0.05, 0) is 68.3 Å². The average Bonchev–Trinajstić information content (AvgIpc) is 3.00. The molecule has 0 amide bonds. The highest BCUT2D eigenvalue weighted by Gasteiger charge is 2.16. The second kappa shape index (κ2) is 7.55. The second-order valence-corrected chi connectivity index (χ2v) is 7.21. The minimum atomic E-state index is -0.487. The van der Waals surface area contributed by atoms with Crippen molar-refractivity contribution in [1.82, 2.24) is 19.2 Å². The lowest BCUT2D eigenvalue weighted by atomic mass is 10.1. The van der Waals surface area contributed by atoms with E-state index >= 15 is 0 Å². The fourth-order valence-corrected chi connectivity index (χ4v) is 3.15. The molecule has 7 nitrogen and oxygen atoms in total. The molecule has 2 aromatic carbocycles. The number of nitrogens with one attached hydrogen (secondary N) is 1. The molecule has 0 aliphatic heterocycles. The number of anilines is 2. The summed E-state index contributed by atoms with van der Waals surface area (Å²) in [5, 5.41) is 7.46. The van der Waals surface area contributed by atoms with Gasteiger partial charge >= 0.3 is 5.69 Å². The summed E-state index contributed by atoms with van der Waals surface area (Å²) in [7, 11) is 0. The first-order valence-electron chi connectivity index (χ1n) is 9.42. The molecule has 2 heterocycles. The molecule has 30 heavy (non-hydrogen) atoms. The van der Waals surface area contributed by atoms with Crippen LogP contribution in [0.15, 0.2) is 53.3 Å². The maximum absolute atomic E-state index is 13.1. The van der Waals surface area contributed by atoms with Crippen LogP contribution in [0.3, 0.4) is 0 Å². The molecule has 4 rings (SSSR count). The standard InChI is InChI=1S/C22H20FN5O2/c1-13-4-9-18(10-14(13)2)25-21-24-15(3)11-20-26-27(22(30)28(20)21)12-19(29)16-5-7-17(23)8-6-16/h4-11H,12H2,1-3H3,(H,24,25). The zero-order valence-electron chi connectivity index (χ0n) is 16.8. The van der Waals surface area contributed by atoms with E-state index in [0.717, 1.165) is 21.5 Å². The van der Waals surface area contributed by atoms with Gasteiger partial charge in [-0.3, -0.25) is 4.79 Å². The molecule has 0 unspecified atom stereocenters. The van der Waals surface area contributed by atoms with Crippen LogP contribution in [0, 0.1) is 26.6 Å². The van der Waals surface area contributed by atoms with Gasteiger partial charge < -0.3 is 5.32 Å². The van der Waals surface area contributed by atoms with Gasteiger partial charge in [0.05, 0.1) is 0 Å². The van der Waals surface area contributed by atoms with Crippen LogP contribution < -0.4 is 11.0 Å². The summed E-state index contributed by atoms with van der Waals surface area (Å²) in [4.78, 5) is 29.9. The van der Waals surface area contributed by atoms with Crippen LogP contribution in [0.2, 0.25) is 0 Å². The van der Waals surface area contributed by atoms with Gasteiger partial charge in [-0.1, -0.05) is 6.07 Å². The highest BCUT2D eigenvalue weighted by Crippen LogP contribution is 2.19. The molecule has 0 radical (unpaired) electrons. The SMILES string of the molecule is Cc1cc2nn(CC(=O)c3ccc(F)cc3)c(=O)n2c(Nc2ccc(C)c(C)c2)n1. The number of aryl methyl sites for hydroxylation is 3. The molecule has 0 saturated carbocycles. The first-order valence-corrected chi connectivity index (χ1v) is 9.42. The molecule has 0 atom stereocenters. The number of carbonyl (C=O) groups excluding carboxylic acids is 1. The zero-order chi connectivity index (χ0) is 21.4. The van der Waals surface area contributed by atoms with Gasteiger partial charge in [-0.15, -0.1) is 5.10 Å². The Hall–Kier alpha value is -3.81. The summed E-state index contributed by atoms with van der Waals surface area (Å²) >= 11 is 0. The van der Waals surface area contributed by atoms with Gasteiger partial charge in [-0.25, -0.2) is 23.3 Å².